The van der Waals surface area contributed by atoms with E-state index in [2.05, 4.69) is 4.72 Å². The van der Waals surface area contributed by atoms with Crippen LogP contribution in [0.1, 0.15) is 6.42 Å². The predicted octanol–water partition coefficient (Wildman–Crippen LogP) is 3.78. The molecule has 2 N–H and O–H groups in total. The van der Waals surface area contributed by atoms with Crippen molar-refractivity contribution in [2.45, 2.75) is 17.4 Å². The topological polar surface area (TPSA) is 105 Å². The van der Waals surface area contributed by atoms with Crippen molar-refractivity contribution in [1.82, 2.24) is 4.90 Å². The second-order valence-corrected chi connectivity index (χ2v) is 8.88. The monoisotopic (exact) mass is 442 g/mol. The van der Waals surface area contributed by atoms with Crippen LogP contribution in [0.15, 0.2) is 65.6 Å². The molecule has 1 fully saturated rings. The molecule has 1 aliphatic rings. The number of nitrogens with one attached hydrogen (secondary N) is 1. The van der Waals surface area contributed by atoms with Crippen molar-refractivity contribution in [3.05, 3.63) is 60.7 Å². The Balaban J connectivity index is 1.61. The number of anilines is 1. The molecule has 1 saturated heterocycles. The second kappa shape index (κ2) is 8.35. The van der Waals surface area contributed by atoms with Crippen LogP contribution in [0.25, 0.3) is 10.8 Å². The standard InChI is InChI=1S/C22H22N2O6S/c1-29-15-6-8-17(9-7-15)31(27,28)23-20-10-11-21(19-5-3-2-4-18(19)20)30-16-12-13-24(14-16)22(25)26/h2-11,16,23H,12-14H2,1H3,(H,25,26). The van der Waals surface area contributed by atoms with E-state index in [-0.39, 0.29) is 11.0 Å². The number of likely N-dealkylation sites (tertiary alicyclic amines) is 1. The van der Waals surface area contributed by atoms with Crippen molar-refractivity contribution in [3.63, 3.8) is 0 Å². The van der Waals surface area contributed by atoms with Gasteiger partial charge in [0.15, 0.2) is 0 Å². The largest absolute Gasteiger partial charge is 0.497 e. The third-order valence-corrected chi connectivity index (χ3v) is 6.59. The van der Waals surface area contributed by atoms with Crippen LogP contribution in [0.4, 0.5) is 10.5 Å². The Morgan fingerprint density at radius 2 is 1.77 bits per heavy atom. The molecule has 1 amide bonds. The first kappa shape index (κ1) is 20.8. The number of sulfonamides is 1. The Labute approximate surface area is 180 Å². The van der Waals surface area contributed by atoms with E-state index >= 15 is 0 Å². The highest BCUT2D eigenvalue weighted by atomic mass is 32.2. The smallest absolute Gasteiger partial charge is 0.407 e. The molecule has 1 atom stereocenters. The van der Waals surface area contributed by atoms with Gasteiger partial charge in [0.2, 0.25) is 0 Å². The lowest BCUT2D eigenvalue weighted by Crippen LogP contribution is -2.29. The number of hydrogen-bond donors (Lipinski definition) is 2. The zero-order valence-corrected chi connectivity index (χ0v) is 17.6. The molecular formula is C22H22N2O6S. The van der Waals surface area contributed by atoms with Gasteiger partial charge in [0, 0.05) is 23.7 Å². The van der Waals surface area contributed by atoms with Crippen molar-refractivity contribution in [2.24, 2.45) is 0 Å². The summed E-state index contributed by atoms with van der Waals surface area (Å²) in [5.41, 5.74) is 0.428. The maximum atomic E-state index is 12.9. The number of ether oxygens (including phenoxy) is 2. The molecule has 0 spiro atoms. The minimum Gasteiger partial charge on any atom is -0.497 e. The fourth-order valence-electron chi connectivity index (χ4n) is 3.60. The van der Waals surface area contributed by atoms with Crippen molar-refractivity contribution >= 4 is 32.6 Å². The van der Waals surface area contributed by atoms with Crippen molar-refractivity contribution in [1.29, 1.82) is 0 Å². The van der Waals surface area contributed by atoms with Gasteiger partial charge >= 0.3 is 6.09 Å². The molecule has 0 radical (unpaired) electrons. The van der Waals surface area contributed by atoms with Gasteiger partial charge in [0.25, 0.3) is 10.0 Å². The molecule has 8 nitrogen and oxygen atoms in total. The predicted molar refractivity (Wildman–Crippen MR) is 116 cm³/mol. The molecular weight excluding hydrogens is 420 g/mol. The molecule has 31 heavy (non-hydrogen) atoms. The molecule has 4 rings (SSSR count). The molecule has 9 heteroatoms. The number of benzene rings is 3. The maximum absolute atomic E-state index is 12.9. The normalized spacial score (nSPS) is 16.3. The molecule has 0 bridgehead atoms. The van der Waals surface area contributed by atoms with Gasteiger partial charge in [0.05, 0.1) is 24.2 Å². The maximum Gasteiger partial charge on any atom is 0.407 e. The van der Waals surface area contributed by atoms with E-state index in [4.69, 9.17) is 14.6 Å². The highest BCUT2D eigenvalue weighted by Gasteiger charge is 2.28. The first-order chi connectivity index (χ1) is 14.9. The summed E-state index contributed by atoms with van der Waals surface area (Å²) in [5.74, 6) is 1.15. The summed E-state index contributed by atoms with van der Waals surface area (Å²) in [5, 5.41) is 10.6. The number of amides is 1. The minimum atomic E-state index is -3.80. The Morgan fingerprint density at radius 3 is 2.42 bits per heavy atom. The highest BCUT2D eigenvalue weighted by molar-refractivity contribution is 7.92. The lowest BCUT2D eigenvalue weighted by atomic mass is 10.1. The average Bonchev–Trinajstić information content (AvgIpc) is 3.24. The number of carboxylic acid groups (broad SMARTS) is 1. The summed E-state index contributed by atoms with van der Waals surface area (Å²) in [7, 11) is -2.28. The summed E-state index contributed by atoms with van der Waals surface area (Å²) >= 11 is 0. The van der Waals surface area contributed by atoms with E-state index in [9.17, 15) is 13.2 Å². The summed E-state index contributed by atoms with van der Waals surface area (Å²) in [6, 6.07) is 16.8. The van der Waals surface area contributed by atoms with E-state index in [1.54, 1.807) is 24.3 Å². The zero-order valence-electron chi connectivity index (χ0n) is 16.8. The number of nitrogens with zero attached hydrogens (tertiary/aromatic N) is 1. The molecule has 3 aromatic carbocycles. The van der Waals surface area contributed by atoms with Crippen molar-refractivity contribution < 1.29 is 27.8 Å². The van der Waals surface area contributed by atoms with E-state index in [1.165, 1.54) is 24.1 Å². The van der Waals surface area contributed by atoms with Gasteiger partial charge in [-0.3, -0.25) is 4.72 Å². The number of hydrogen-bond acceptors (Lipinski definition) is 5. The summed E-state index contributed by atoms with van der Waals surface area (Å²) in [6.07, 6.45) is -0.604. The summed E-state index contributed by atoms with van der Waals surface area (Å²) < 4.78 is 39.5. The third-order valence-electron chi connectivity index (χ3n) is 5.21. The molecule has 1 aliphatic heterocycles. The average molecular weight is 442 g/mol. The fourth-order valence-corrected chi connectivity index (χ4v) is 4.68. The second-order valence-electron chi connectivity index (χ2n) is 7.19. The Kier molecular flexibility index (Phi) is 5.60. The van der Waals surface area contributed by atoms with Gasteiger partial charge < -0.3 is 19.5 Å². The molecule has 0 aliphatic carbocycles. The van der Waals surface area contributed by atoms with E-state index in [0.29, 0.717) is 42.1 Å². The Morgan fingerprint density at radius 1 is 1.06 bits per heavy atom. The van der Waals surface area contributed by atoms with E-state index in [1.807, 2.05) is 24.3 Å². The van der Waals surface area contributed by atoms with Gasteiger partial charge in [-0.1, -0.05) is 24.3 Å². The Hall–Kier alpha value is -3.46. The Bertz CT molecular complexity index is 1210. The van der Waals surface area contributed by atoms with Crippen LogP contribution in [0.2, 0.25) is 0 Å². The van der Waals surface area contributed by atoms with Crippen molar-refractivity contribution in [2.75, 3.05) is 24.9 Å². The van der Waals surface area contributed by atoms with Crippen LogP contribution < -0.4 is 14.2 Å². The third kappa shape index (κ3) is 4.36. The zero-order chi connectivity index (χ0) is 22.0. The van der Waals surface area contributed by atoms with Gasteiger partial charge in [-0.15, -0.1) is 0 Å². The minimum absolute atomic E-state index is 0.123. The van der Waals surface area contributed by atoms with Gasteiger partial charge in [-0.2, -0.15) is 0 Å². The van der Waals surface area contributed by atoms with E-state index < -0.39 is 16.1 Å². The van der Waals surface area contributed by atoms with Crippen LogP contribution >= 0.6 is 0 Å². The molecule has 0 aromatic heterocycles. The molecule has 1 heterocycles. The summed E-state index contributed by atoms with van der Waals surface area (Å²) in [6.45, 7) is 0.729. The van der Waals surface area contributed by atoms with E-state index in [0.717, 1.165) is 5.39 Å². The van der Waals surface area contributed by atoms with Crippen LogP contribution in [-0.4, -0.2) is 50.8 Å². The number of rotatable bonds is 6. The van der Waals surface area contributed by atoms with Crippen LogP contribution in [0.3, 0.4) is 0 Å². The lowest BCUT2D eigenvalue weighted by molar-refractivity contribution is 0.146. The highest BCUT2D eigenvalue weighted by Crippen LogP contribution is 2.34. The molecule has 0 saturated carbocycles. The molecule has 1 unspecified atom stereocenters. The molecule has 162 valence electrons. The first-order valence-electron chi connectivity index (χ1n) is 9.70. The number of methoxy groups -OCH3 is 1. The summed E-state index contributed by atoms with van der Waals surface area (Å²) in [4.78, 5) is 12.6. The first-order valence-corrected chi connectivity index (χ1v) is 11.2. The molecule has 3 aromatic rings. The van der Waals surface area contributed by atoms with Gasteiger partial charge in [-0.25, -0.2) is 13.2 Å². The van der Waals surface area contributed by atoms with Gasteiger partial charge in [-0.05, 0) is 36.4 Å². The lowest BCUT2D eigenvalue weighted by Gasteiger charge is -2.18. The van der Waals surface area contributed by atoms with Crippen molar-refractivity contribution in [3.8, 4) is 11.5 Å². The fraction of sp³-hybridized carbons (Fsp3) is 0.227. The van der Waals surface area contributed by atoms with Crippen LogP contribution in [0, 0.1) is 0 Å². The van der Waals surface area contributed by atoms with Gasteiger partial charge in [0.1, 0.15) is 17.6 Å². The quantitative estimate of drug-likeness (QED) is 0.602. The van der Waals surface area contributed by atoms with Crippen LogP contribution in [0.5, 0.6) is 11.5 Å². The van der Waals surface area contributed by atoms with Crippen LogP contribution in [-0.2, 0) is 10.0 Å². The SMILES string of the molecule is COc1ccc(S(=O)(=O)Nc2ccc(OC3CCN(C(=O)O)C3)c3ccccc23)cc1. The number of carbonyl (C=O) groups is 1. The number of fused-ring (bicyclic) bond motifs is 1.